The van der Waals surface area contributed by atoms with E-state index in [1.54, 1.807) is 0 Å². The molecule has 0 aliphatic rings. The molecule has 0 fully saturated rings. The lowest BCUT2D eigenvalue weighted by molar-refractivity contribution is 0.0697. The second-order valence-corrected chi connectivity index (χ2v) is 9.26. The highest BCUT2D eigenvalue weighted by Crippen LogP contribution is 2.34. The standard InChI is InChI=1S/C25H41Cl2NO2/c1-2-3-4-5-6-7-8-9-10-11-12-13-14-15-16-17-18-20-22(26)19-21(25(29)30)23(27)24(20)28/h19H,2-18,28H2,1H3,(H,29,30). The van der Waals surface area contributed by atoms with Gasteiger partial charge in [-0.2, -0.15) is 0 Å². The largest absolute Gasteiger partial charge is 0.478 e. The van der Waals surface area contributed by atoms with Gasteiger partial charge in [0.05, 0.1) is 16.3 Å². The normalized spacial score (nSPS) is 11.2. The van der Waals surface area contributed by atoms with E-state index in [2.05, 4.69) is 6.92 Å². The lowest BCUT2D eigenvalue weighted by Gasteiger charge is -2.12. The summed E-state index contributed by atoms with van der Waals surface area (Å²) in [6.45, 7) is 2.27. The van der Waals surface area contributed by atoms with Crippen molar-refractivity contribution in [3.8, 4) is 0 Å². The molecule has 0 spiro atoms. The van der Waals surface area contributed by atoms with Gasteiger partial charge in [0.15, 0.2) is 0 Å². The minimum Gasteiger partial charge on any atom is -0.478 e. The van der Waals surface area contributed by atoms with Crippen LogP contribution in [0.1, 0.15) is 126 Å². The lowest BCUT2D eigenvalue weighted by atomic mass is 10.0. The van der Waals surface area contributed by atoms with Crippen LogP contribution in [0.4, 0.5) is 5.69 Å². The summed E-state index contributed by atoms with van der Waals surface area (Å²) >= 11 is 12.3. The topological polar surface area (TPSA) is 63.3 Å². The number of benzene rings is 1. The van der Waals surface area contributed by atoms with Crippen LogP contribution in [-0.4, -0.2) is 11.1 Å². The zero-order valence-corrected chi connectivity index (χ0v) is 20.3. The Labute approximate surface area is 193 Å². The van der Waals surface area contributed by atoms with Gasteiger partial charge in [0.25, 0.3) is 0 Å². The van der Waals surface area contributed by atoms with Crippen molar-refractivity contribution in [2.24, 2.45) is 0 Å². The number of carboxylic acid groups (broad SMARTS) is 1. The van der Waals surface area contributed by atoms with Crippen molar-refractivity contribution in [2.75, 3.05) is 5.73 Å². The summed E-state index contributed by atoms with van der Waals surface area (Å²) in [6.07, 6.45) is 22.0. The predicted octanol–water partition coefficient (Wildman–Crippen LogP) is 9.08. The van der Waals surface area contributed by atoms with Gasteiger partial charge in [-0.25, -0.2) is 4.79 Å². The van der Waals surface area contributed by atoms with Crippen LogP contribution in [0.5, 0.6) is 0 Å². The van der Waals surface area contributed by atoms with Crippen LogP contribution < -0.4 is 5.73 Å². The molecule has 1 aromatic rings. The molecule has 1 aromatic carbocycles. The number of anilines is 1. The summed E-state index contributed by atoms with van der Waals surface area (Å²) in [5.74, 6) is -1.11. The van der Waals surface area contributed by atoms with E-state index in [9.17, 15) is 4.79 Å². The van der Waals surface area contributed by atoms with Crippen LogP contribution in [-0.2, 0) is 6.42 Å². The van der Waals surface area contributed by atoms with Gasteiger partial charge in [-0.05, 0) is 24.5 Å². The summed E-state index contributed by atoms with van der Waals surface area (Å²) < 4.78 is 0. The maximum atomic E-state index is 11.2. The summed E-state index contributed by atoms with van der Waals surface area (Å²) in [5, 5.41) is 9.63. The average molecular weight is 459 g/mol. The zero-order valence-electron chi connectivity index (χ0n) is 18.8. The molecule has 172 valence electrons. The van der Waals surface area contributed by atoms with Gasteiger partial charge in [0, 0.05) is 5.02 Å². The highest BCUT2D eigenvalue weighted by Gasteiger charge is 2.17. The molecule has 0 radical (unpaired) electrons. The van der Waals surface area contributed by atoms with Gasteiger partial charge in [-0.15, -0.1) is 0 Å². The first-order chi connectivity index (χ1) is 14.5. The van der Waals surface area contributed by atoms with Crippen LogP contribution in [0.3, 0.4) is 0 Å². The van der Waals surface area contributed by atoms with Crippen molar-refractivity contribution in [1.29, 1.82) is 0 Å². The molecule has 1 rings (SSSR count). The van der Waals surface area contributed by atoms with Crippen LogP contribution in [0, 0.1) is 0 Å². The number of carbonyl (C=O) groups is 1. The fourth-order valence-corrected chi connectivity index (χ4v) is 4.50. The molecule has 3 N–H and O–H groups in total. The average Bonchev–Trinajstić information content (AvgIpc) is 2.72. The van der Waals surface area contributed by atoms with Crippen molar-refractivity contribution < 1.29 is 9.90 Å². The van der Waals surface area contributed by atoms with E-state index in [1.165, 1.54) is 96.0 Å². The first-order valence-electron chi connectivity index (χ1n) is 12.0. The van der Waals surface area contributed by atoms with Crippen LogP contribution in [0.2, 0.25) is 10.0 Å². The quantitative estimate of drug-likeness (QED) is 0.170. The molecule has 0 aliphatic carbocycles. The fourth-order valence-electron chi connectivity index (χ4n) is 3.94. The summed E-state index contributed by atoms with van der Waals surface area (Å²) in [5.41, 5.74) is 7.06. The van der Waals surface area contributed by atoms with E-state index in [0.29, 0.717) is 10.7 Å². The predicted molar refractivity (Wildman–Crippen MR) is 131 cm³/mol. The third-order valence-electron chi connectivity index (χ3n) is 5.87. The molecule has 0 saturated carbocycles. The van der Waals surface area contributed by atoms with Crippen molar-refractivity contribution in [2.45, 2.75) is 116 Å². The van der Waals surface area contributed by atoms with E-state index in [1.807, 2.05) is 0 Å². The highest BCUT2D eigenvalue weighted by molar-refractivity contribution is 6.38. The highest BCUT2D eigenvalue weighted by atomic mass is 35.5. The molecule has 0 saturated heterocycles. The number of aromatic carboxylic acids is 1. The maximum absolute atomic E-state index is 11.2. The molecule has 0 heterocycles. The smallest absolute Gasteiger partial charge is 0.337 e. The van der Waals surface area contributed by atoms with Crippen LogP contribution >= 0.6 is 23.2 Å². The van der Waals surface area contributed by atoms with Gasteiger partial charge in [-0.1, -0.05) is 126 Å². The number of halogens is 2. The minimum absolute atomic E-state index is 0.0325. The number of nitrogens with two attached hydrogens (primary N) is 1. The SMILES string of the molecule is CCCCCCCCCCCCCCCCCCc1c(Cl)cc(C(=O)O)c(Cl)c1N. The number of nitrogen functional groups attached to an aromatic ring is 1. The summed E-state index contributed by atoms with van der Waals surface area (Å²) in [7, 11) is 0. The van der Waals surface area contributed by atoms with Gasteiger partial charge in [-0.3, -0.25) is 0 Å². The number of carboxylic acids is 1. The van der Waals surface area contributed by atoms with E-state index < -0.39 is 5.97 Å². The first kappa shape index (κ1) is 27.1. The molecule has 30 heavy (non-hydrogen) atoms. The Kier molecular flexibility index (Phi) is 15.1. The monoisotopic (exact) mass is 457 g/mol. The first-order valence-corrected chi connectivity index (χ1v) is 12.7. The second kappa shape index (κ2) is 16.7. The number of hydrogen-bond acceptors (Lipinski definition) is 2. The van der Waals surface area contributed by atoms with Crippen molar-refractivity contribution >= 4 is 34.9 Å². The van der Waals surface area contributed by atoms with Crippen molar-refractivity contribution in [1.82, 2.24) is 0 Å². The molecular weight excluding hydrogens is 417 g/mol. The van der Waals surface area contributed by atoms with Gasteiger partial charge >= 0.3 is 5.97 Å². The zero-order chi connectivity index (χ0) is 22.2. The Hall–Kier alpha value is -0.930. The Balaban J connectivity index is 2.02. The van der Waals surface area contributed by atoms with Crippen molar-refractivity contribution in [3.05, 3.63) is 27.2 Å². The molecule has 0 bridgehead atoms. The van der Waals surface area contributed by atoms with E-state index >= 15 is 0 Å². The third kappa shape index (κ3) is 10.9. The number of unbranched alkanes of at least 4 members (excludes halogenated alkanes) is 15. The Morgan fingerprint density at radius 2 is 1.20 bits per heavy atom. The van der Waals surface area contributed by atoms with E-state index in [-0.39, 0.29) is 10.6 Å². The fraction of sp³-hybridized carbons (Fsp3) is 0.720. The lowest BCUT2D eigenvalue weighted by Crippen LogP contribution is -2.04. The number of rotatable bonds is 18. The number of hydrogen-bond donors (Lipinski definition) is 2. The molecule has 0 aliphatic heterocycles. The van der Waals surface area contributed by atoms with Crippen molar-refractivity contribution in [3.63, 3.8) is 0 Å². The Bertz CT molecular complexity index is 620. The van der Waals surface area contributed by atoms with Crippen LogP contribution in [0.15, 0.2) is 6.07 Å². The van der Waals surface area contributed by atoms with Gasteiger partial charge in [0.1, 0.15) is 0 Å². The molecular formula is C25H41Cl2NO2. The van der Waals surface area contributed by atoms with E-state index in [0.717, 1.165) is 24.8 Å². The molecule has 0 amide bonds. The minimum atomic E-state index is -1.11. The molecule has 5 heteroatoms. The summed E-state index contributed by atoms with van der Waals surface area (Å²) in [4.78, 5) is 11.2. The van der Waals surface area contributed by atoms with Gasteiger partial charge < -0.3 is 10.8 Å². The molecule has 3 nitrogen and oxygen atoms in total. The van der Waals surface area contributed by atoms with Crippen LogP contribution in [0.25, 0.3) is 0 Å². The summed E-state index contributed by atoms with van der Waals surface area (Å²) in [6, 6.07) is 1.41. The molecule has 0 unspecified atom stereocenters. The Morgan fingerprint density at radius 1 is 0.800 bits per heavy atom. The second-order valence-electron chi connectivity index (χ2n) is 8.47. The molecule has 0 atom stereocenters. The maximum Gasteiger partial charge on any atom is 0.337 e. The van der Waals surface area contributed by atoms with Gasteiger partial charge in [0.2, 0.25) is 0 Å². The van der Waals surface area contributed by atoms with E-state index in [4.69, 9.17) is 34.0 Å². The Morgan fingerprint density at radius 3 is 1.60 bits per heavy atom. The molecule has 0 aromatic heterocycles. The third-order valence-corrected chi connectivity index (χ3v) is 6.61.